The van der Waals surface area contributed by atoms with Crippen LogP contribution < -0.4 is 0 Å². The third kappa shape index (κ3) is 22.5. The van der Waals surface area contributed by atoms with Gasteiger partial charge < -0.3 is 19.3 Å². The molecule has 122 valence electrons. The summed E-state index contributed by atoms with van der Waals surface area (Å²) in [6, 6.07) is 0. The molecule has 2 unspecified atom stereocenters. The summed E-state index contributed by atoms with van der Waals surface area (Å²) >= 11 is 0. The second kappa shape index (κ2) is 16.4. The maximum atomic E-state index is 10.4. The zero-order valence-corrected chi connectivity index (χ0v) is 13.7. The van der Waals surface area contributed by atoms with Gasteiger partial charge in [-0.05, 0) is 26.7 Å². The minimum atomic E-state index is -0.318. The first-order chi connectivity index (χ1) is 9.43. The number of ether oxygens (including phenoxy) is 3. The van der Waals surface area contributed by atoms with Gasteiger partial charge in [0, 0.05) is 20.1 Å². The molecule has 1 N–H and O–H groups in total. The number of hydrogen-bond donors (Lipinski definition) is 1. The molecule has 5 nitrogen and oxygen atoms in total. The van der Waals surface area contributed by atoms with E-state index in [0.29, 0.717) is 13.2 Å². The molecule has 0 rings (SSSR count). The molecule has 2 atom stereocenters. The van der Waals surface area contributed by atoms with Gasteiger partial charge in [0.05, 0.1) is 19.3 Å². The van der Waals surface area contributed by atoms with E-state index in [4.69, 9.17) is 19.3 Å². The molecule has 0 aromatic rings. The molecule has 0 heterocycles. The van der Waals surface area contributed by atoms with Crippen molar-refractivity contribution in [2.24, 2.45) is 0 Å². The smallest absolute Gasteiger partial charge is 0.302 e. The highest BCUT2D eigenvalue weighted by molar-refractivity contribution is 5.66. The van der Waals surface area contributed by atoms with Crippen molar-refractivity contribution in [2.75, 3.05) is 26.4 Å². The minimum Gasteiger partial charge on any atom is -0.460 e. The van der Waals surface area contributed by atoms with Crippen molar-refractivity contribution >= 4 is 5.97 Å². The van der Waals surface area contributed by atoms with Crippen LogP contribution in [0.3, 0.4) is 0 Å². The van der Waals surface area contributed by atoms with Gasteiger partial charge in [0.15, 0.2) is 0 Å². The summed E-state index contributed by atoms with van der Waals surface area (Å²) in [7, 11) is 0. The molecule has 0 amide bonds. The average molecular weight is 292 g/mol. The van der Waals surface area contributed by atoms with Gasteiger partial charge >= 0.3 is 5.97 Å². The van der Waals surface area contributed by atoms with E-state index in [2.05, 4.69) is 6.92 Å². The summed E-state index contributed by atoms with van der Waals surface area (Å²) in [5, 5.41) is 8.73. The number of carbonyl (C=O) groups excluding carboxylic acids is 1. The van der Waals surface area contributed by atoms with E-state index in [1.165, 1.54) is 6.92 Å². The van der Waals surface area contributed by atoms with E-state index >= 15 is 0 Å². The van der Waals surface area contributed by atoms with Gasteiger partial charge in [-0.15, -0.1) is 0 Å². The fourth-order valence-electron chi connectivity index (χ4n) is 1.21. The highest BCUT2D eigenvalue weighted by Crippen LogP contribution is 1.93. The van der Waals surface area contributed by atoms with Crippen molar-refractivity contribution in [1.82, 2.24) is 0 Å². The van der Waals surface area contributed by atoms with E-state index in [1.807, 2.05) is 13.8 Å². The molecule has 0 saturated heterocycles. The SMILES string of the molecule is CCCCOCC(C)O.CCCOCC(C)OC(C)=O. The van der Waals surface area contributed by atoms with E-state index in [-0.39, 0.29) is 18.2 Å². The van der Waals surface area contributed by atoms with Crippen LogP contribution in [0.2, 0.25) is 0 Å². The van der Waals surface area contributed by atoms with Gasteiger partial charge in [-0.25, -0.2) is 0 Å². The lowest BCUT2D eigenvalue weighted by Crippen LogP contribution is -2.18. The van der Waals surface area contributed by atoms with E-state index in [0.717, 1.165) is 32.5 Å². The average Bonchev–Trinajstić information content (AvgIpc) is 2.35. The van der Waals surface area contributed by atoms with Crippen molar-refractivity contribution in [1.29, 1.82) is 0 Å². The predicted octanol–water partition coefficient (Wildman–Crippen LogP) is 2.55. The van der Waals surface area contributed by atoms with Crippen molar-refractivity contribution in [3.8, 4) is 0 Å². The standard InChI is InChI=1S/C8H16O3.C7H16O2/c1-4-5-10-6-7(2)11-8(3)9;1-3-4-5-9-6-7(2)8/h7H,4-6H2,1-3H3;7-8H,3-6H2,1-2H3. The number of aliphatic hydroxyl groups is 1. The molecular formula is C15H32O5. The summed E-state index contributed by atoms with van der Waals surface area (Å²) in [4.78, 5) is 10.4. The number of unbranched alkanes of at least 4 members (excludes halogenated alkanes) is 1. The van der Waals surface area contributed by atoms with Crippen LogP contribution in [0.5, 0.6) is 0 Å². The van der Waals surface area contributed by atoms with Crippen LogP contribution in [0.4, 0.5) is 0 Å². The van der Waals surface area contributed by atoms with E-state index in [9.17, 15) is 4.79 Å². The highest BCUT2D eigenvalue weighted by Gasteiger charge is 2.03. The fraction of sp³-hybridized carbons (Fsp3) is 0.933. The second-order valence-corrected chi connectivity index (χ2v) is 4.77. The first-order valence-corrected chi connectivity index (χ1v) is 7.44. The Morgan fingerprint density at radius 2 is 1.65 bits per heavy atom. The lowest BCUT2D eigenvalue weighted by Gasteiger charge is -2.11. The van der Waals surface area contributed by atoms with E-state index in [1.54, 1.807) is 6.92 Å². The predicted molar refractivity (Wildman–Crippen MR) is 79.7 cm³/mol. The number of hydrogen-bond acceptors (Lipinski definition) is 5. The summed E-state index contributed by atoms with van der Waals surface area (Å²) in [5.41, 5.74) is 0. The molecule has 0 aliphatic heterocycles. The monoisotopic (exact) mass is 292 g/mol. The summed E-state index contributed by atoms with van der Waals surface area (Å²) in [6.07, 6.45) is 2.79. The van der Waals surface area contributed by atoms with Crippen molar-refractivity contribution in [3.05, 3.63) is 0 Å². The summed E-state index contributed by atoms with van der Waals surface area (Å²) < 4.78 is 15.1. The largest absolute Gasteiger partial charge is 0.460 e. The molecule has 0 spiro atoms. The Kier molecular flexibility index (Phi) is 17.8. The Morgan fingerprint density at radius 1 is 1.05 bits per heavy atom. The molecular weight excluding hydrogens is 260 g/mol. The van der Waals surface area contributed by atoms with Crippen LogP contribution in [-0.2, 0) is 19.0 Å². The maximum Gasteiger partial charge on any atom is 0.302 e. The zero-order valence-electron chi connectivity index (χ0n) is 13.7. The Labute approximate surface area is 123 Å². The molecule has 0 radical (unpaired) electrons. The summed E-state index contributed by atoms with van der Waals surface area (Å²) in [6.45, 7) is 11.6. The van der Waals surface area contributed by atoms with Crippen LogP contribution in [0, 0.1) is 0 Å². The molecule has 0 aromatic carbocycles. The Balaban J connectivity index is 0. The van der Waals surface area contributed by atoms with Crippen molar-refractivity contribution in [3.63, 3.8) is 0 Å². The molecule has 0 aliphatic rings. The first kappa shape index (κ1) is 21.6. The minimum absolute atomic E-state index is 0.126. The first-order valence-electron chi connectivity index (χ1n) is 7.44. The molecule has 20 heavy (non-hydrogen) atoms. The van der Waals surface area contributed by atoms with Crippen LogP contribution in [0.25, 0.3) is 0 Å². The zero-order chi connectivity index (χ0) is 15.8. The molecule has 0 aliphatic carbocycles. The summed E-state index contributed by atoms with van der Waals surface area (Å²) in [5.74, 6) is -0.252. The van der Waals surface area contributed by atoms with Crippen molar-refractivity contribution < 1.29 is 24.1 Å². The molecule has 5 heteroatoms. The van der Waals surface area contributed by atoms with Gasteiger partial charge in [-0.3, -0.25) is 4.79 Å². The van der Waals surface area contributed by atoms with Crippen molar-refractivity contribution in [2.45, 2.75) is 66.1 Å². The second-order valence-electron chi connectivity index (χ2n) is 4.77. The number of rotatable bonds is 10. The normalized spacial score (nSPS) is 13.1. The number of carbonyl (C=O) groups is 1. The van der Waals surface area contributed by atoms with Gasteiger partial charge in [0.2, 0.25) is 0 Å². The Hall–Kier alpha value is -0.650. The molecule has 0 aromatic heterocycles. The number of esters is 1. The van der Waals surface area contributed by atoms with Gasteiger partial charge in [-0.2, -0.15) is 0 Å². The Morgan fingerprint density at radius 3 is 2.10 bits per heavy atom. The molecule has 0 saturated carbocycles. The van der Waals surface area contributed by atoms with Crippen LogP contribution >= 0.6 is 0 Å². The fourth-order valence-corrected chi connectivity index (χ4v) is 1.21. The van der Waals surface area contributed by atoms with Gasteiger partial charge in [0.1, 0.15) is 6.10 Å². The quantitative estimate of drug-likeness (QED) is 0.495. The highest BCUT2D eigenvalue weighted by atomic mass is 16.6. The number of aliphatic hydroxyl groups excluding tert-OH is 1. The molecule has 0 bridgehead atoms. The van der Waals surface area contributed by atoms with Crippen LogP contribution in [0.15, 0.2) is 0 Å². The maximum absolute atomic E-state index is 10.4. The Bertz CT molecular complexity index is 206. The topological polar surface area (TPSA) is 65.0 Å². The van der Waals surface area contributed by atoms with Gasteiger partial charge in [-0.1, -0.05) is 20.3 Å². The van der Waals surface area contributed by atoms with Crippen LogP contribution in [-0.4, -0.2) is 49.7 Å². The van der Waals surface area contributed by atoms with Gasteiger partial charge in [0.25, 0.3) is 0 Å². The lowest BCUT2D eigenvalue weighted by atomic mass is 10.4. The lowest BCUT2D eigenvalue weighted by molar-refractivity contribution is -0.148. The van der Waals surface area contributed by atoms with E-state index < -0.39 is 0 Å². The third-order valence-corrected chi connectivity index (χ3v) is 2.07. The molecule has 0 fully saturated rings. The van der Waals surface area contributed by atoms with Crippen LogP contribution in [0.1, 0.15) is 53.9 Å². The third-order valence-electron chi connectivity index (χ3n) is 2.07.